The first-order valence-corrected chi connectivity index (χ1v) is 40.9. The molecule has 0 saturated heterocycles. The summed E-state index contributed by atoms with van der Waals surface area (Å²) < 4.78 is 175. The molecular weight excluding hydrogens is 1600 g/mol. The standard InChI is InChI=1S/C51H36F4.C50H33F5.C2H3F3.3C2H6.2CH3F/c1-33-18-19-43(31-46(33)51(53,54)55)36-20-24-38(25-21-36)45-32-44(37-12-6-3-7-13-37)49(41-26-22-35(23-27-41)42-28-29-47(52)34(2)30-42)50(40-16-10-5-11-17-40)48(45)39-14-8-4-9-15-39;1-32-29-40(25-27-45(32)51)33-19-23-39(24-20-33)48-42(35-11-5-2-6-12-35)31-43(47(37-13-7-3-8-14-37)49(48)38-15-9-4-10-16-38)36-21-17-34(18-22-36)41-26-28-46(52)44(30-41)50(53,54)55;1-2(3,4)5;5*1-2/h3-32H,1-2H3;2-31H,1H3;1H3;3*1-2H3;2*1H3. The highest BCUT2D eigenvalue weighted by atomic mass is 19.4. The lowest BCUT2D eigenvalue weighted by Gasteiger charge is -2.24. The molecule has 0 aliphatic carbocycles. The smallest absolute Gasteiger partial charge is 0.255 e. The largest absolute Gasteiger partial charge is 0.419 e. The first-order valence-electron chi connectivity index (χ1n) is 40.9. The van der Waals surface area contributed by atoms with Crippen LogP contribution in [0.1, 0.15) is 76.3 Å². The maximum absolute atomic E-state index is 14.2. The third kappa shape index (κ3) is 23.7. The Hall–Kier alpha value is -13.5. The first-order chi connectivity index (χ1) is 60.3. The van der Waals surface area contributed by atoms with Crippen molar-refractivity contribution >= 4 is 0 Å². The Kier molecular flexibility index (Phi) is 34.0. The summed E-state index contributed by atoms with van der Waals surface area (Å²) in [6, 6.07) is 116. The molecule has 0 aromatic heterocycles. The molecular formula is C111H96F14. The number of benzene rings is 16. The second-order valence-corrected chi connectivity index (χ2v) is 28.1. The van der Waals surface area contributed by atoms with Crippen LogP contribution in [0, 0.1) is 38.2 Å². The van der Waals surface area contributed by atoms with Crippen molar-refractivity contribution in [2.75, 3.05) is 14.4 Å². The number of alkyl halides is 11. The molecule has 0 bridgehead atoms. The molecule has 638 valence electrons. The van der Waals surface area contributed by atoms with E-state index in [9.17, 15) is 61.5 Å². The molecule has 0 fully saturated rings. The zero-order valence-electron chi connectivity index (χ0n) is 71.4. The first kappa shape index (κ1) is 95.4. The lowest BCUT2D eigenvalue weighted by atomic mass is 9.78. The Morgan fingerprint density at radius 2 is 0.360 bits per heavy atom. The van der Waals surface area contributed by atoms with Gasteiger partial charge in [-0.1, -0.05) is 351 Å². The predicted octanol–water partition coefficient (Wildman–Crippen LogP) is 35.9. The van der Waals surface area contributed by atoms with Gasteiger partial charge in [-0.05, 0) is 248 Å². The van der Waals surface area contributed by atoms with Crippen LogP contribution in [-0.2, 0) is 12.4 Å². The molecule has 0 aliphatic heterocycles. The average Bonchev–Trinajstić information content (AvgIpc) is 0.740. The van der Waals surface area contributed by atoms with Crippen LogP contribution in [-0.4, -0.2) is 20.5 Å². The molecule has 16 aromatic carbocycles. The number of halogens is 14. The molecule has 0 saturated carbocycles. The molecule has 0 radical (unpaired) electrons. The van der Waals surface area contributed by atoms with Gasteiger partial charge in [-0.15, -0.1) is 0 Å². The number of hydrogen-bond acceptors (Lipinski definition) is 0. The van der Waals surface area contributed by atoms with Gasteiger partial charge in [0.2, 0.25) is 0 Å². The second-order valence-electron chi connectivity index (χ2n) is 28.1. The van der Waals surface area contributed by atoms with Gasteiger partial charge >= 0.3 is 18.5 Å². The van der Waals surface area contributed by atoms with E-state index in [4.69, 9.17) is 0 Å². The maximum Gasteiger partial charge on any atom is 0.419 e. The fourth-order valence-corrected chi connectivity index (χ4v) is 14.7. The fraction of sp³-hybridized carbons (Fsp3) is 0.135. The molecule has 0 aliphatic rings. The summed E-state index contributed by atoms with van der Waals surface area (Å²) in [5.41, 5.74) is 25.5. The lowest BCUT2D eigenvalue weighted by Crippen LogP contribution is -2.08. The van der Waals surface area contributed by atoms with Gasteiger partial charge in [-0.25, -0.2) is 13.2 Å². The zero-order valence-corrected chi connectivity index (χ0v) is 71.4. The lowest BCUT2D eigenvalue weighted by molar-refractivity contribution is -0.140. The van der Waals surface area contributed by atoms with Gasteiger partial charge in [0.25, 0.3) is 0 Å². The Balaban J connectivity index is 0.000000245. The number of rotatable bonds is 14. The molecule has 0 N–H and O–H groups in total. The molecule has 0 atom stereocenters. The quantitative estimate of drug-likeness (QED) is 0.0952. The van der Waals surface area contributed by atoms with Crippen LogP contribution in [0.25, 0.3) is 156 Å². The molecule has 16 aromatic rings. The third-order valence-electron chi connectivity index (χ3n) is 20.3. The highest BCUT2D eigenvalue weighted by Crippen LogP contribution is 2.54. The summed E-state index contributed by atoms with van der Waals surface area (Å²) >= 11 is 0. The Morgan fingerprint density at radius 1 is 0.176 bits per heavy atom. The van der Waals surface area contributed by atoms with Crippen molar-refractivity contribution in [2.24, 2.45) is 0 Å². The molecule has 0 amide bonds. The van der Waals surface area contributed by atoms with Crippen molar-refractivity contribution in [3.05, 3.63) is 409 Å². The van der Waals surface area contributed by atoms with Crippen LogP contribution < -0.4 is 0 Å². The summed E-state index contributed by atoms with van der Waals surface area (Å²) in [4.78, 5) is 0. The van der Waals surface area contributed by atoms with Gasteiger partial charge in [0.15, 0.2) is 0 Å². The fourth-order valence-electron chi connectivity index (χ4n) is 14.7. The van der Waals surface area contributed by atoms with Gasteiger partial charge in [-0.3, -0.25) is 8.78 Å². The van der Waals surface area contributed by atoms with E-state index in [1.165, 1.54) is 37.3 Å². The SMILES string of the molecule is CC.CC.CC.CC(F)(F)F.CF.CF.Cc1cc(-c2ccc(-c3c(-c4ccccc4)cc(-c4ccc(-c5ccc(C)c(C(F)(F)F)c5)cc4)c(-c4ccccc4)c3-c3ccccc3)cc2)ccc1F.Cc1cc(-c2ccc(-c3c(-c4ccccc4)cc(-c4ccc(-c5ccc(F)c(C(F)(F)F)c5)cc4)c(-c4ccccc4)c3-c3ccccc3)cc2)ccc1F. The van der Waals surface area contributed by atoms with E-state index in [2.05, 4.69) is 133 Å². The molecule has 0 spiro atoms. The van der Waals surface area contributed by atoms with Gasteiger partial charge in [0.05, 0.1) is 25.5 Å². The van der Waals surface area contributed by atoms with Gasteiger partial charge < -0.3 is 0 Å². The Bertz CT molecular complexity index is 5710. The Labute approximate surface area is 724 Å². The van der Waals surface area contributed by atoms with Crippen LogP contribution in [0.5, 0.6) is 0 Å². The van der Waals surface area contributed by atoms with Gasteiger partial charge in [-0.2, -0.15) is 39.5 Å². The molecule has 14 heteroatoms. The highest BCUT2D eigenvalue weighted by Gasteiger charge is 2.35. The van der Waals surface area contributed by atoms with Crippen molar-refractivity contribution in [1.82, 2.24) is 0 Å². The zero-order chi connectivity index (χ0) is 90.7. The van der Waals surface area contributed by atoms with Crippen LogP contribution in [0.3, 0.4) is 0 Å². The average molecular weight is 1700 g/mol. The monoisotopic (exact) mass is 1690 g/mol. The van der Waals surface area contributed by atoms with Crippen LogP contribution >= 0.6 is 0 Å². The van der Waals surface area contributed by atoms with Crippen molar-refractivity contribution in [3.8, 4) is 156 Å². The molecule has 16 rings (SSSR count). The normalized spacial score (nSPS) is 10.8. The maximum atomic E-state index is 14.2. The van der Waals surface area contributed by atoms with E-state index in [-0.39, 0.29) is 29.7 Å². The number of aryl methyl sites for hydroxylation is 3. The summed E-state index contributed by atoms with van der Waals surface area (Å²) in [5.74, 6) is -1.77. The van der Waals surface area contributed by atoms with E-state index in [0.29, 0.717) is 42.2 Å². The second kappa shape index (κ2) is 44.6. The summed E-state index contributed by atoms with van der Waals surface area (Å²) in [6.45, 7) is 17.2. The molecule has 125 heavy (non-hydrogen) atoms. The van der Waals surface area contributed by atoms with E-state index < -0.39 is 35.5 Å². The van der Waals surface area contributed by atoms with E-state index in [1.807, 2.05) is 205 Å². The Morgan fingerprint density at radius 3 is 0.616 bits per heavy atom. The third-order valence-corrected chi connectivity index (χ3v) is 20.3. The van der Waals surface area contributed by atoms with E-state index >= 15 is 0 Å². The van der Waals surface area contributed by atoms with Crippen molar-refractivity contribution in [1.29, 1.82) is 0 Å². The van der Waals surface area contributed by atoms with Gasteiger partial charge in [0, 0.05) is 6.92 Å². The summed E-state index contributed by atoms with van der Waals surface area (Å²) in [5, 5.41) is 0. The van der Waals surface area contributed by atoms with Crippen LogP contribution in [0.15, 0.2) is 364 Å². The minimum atomic E-state index is -4.81. The van der Waals surface area contributed by atoms with Crippen molar-refractivity contribution in [3.63, 3.8) is 0 Å². The van der Waals surface area contributed by atoms with Gasteiger partial charge in [0.1, 0.15) is 17.5 Å². The highest BCUT2D eigenvalue weighted by molar-refractivity contribution is 6.09. The molecule has 0 heterocycles. The minimum absolute atomic E-state index is 0.188. The van der Waals surface area contributed by atoms with Crippen molar-refractivity contribution in [2.45, 2.75) is 87.8 Å². The number of hydrogen-bond donors (Lipinski definition) is 0. The summed E-state index contributed by atoms with van der Waals surface area (Å²) in [6.07, 6.45) is -13.2. The van der Waals surface area contributed by atoms with E-state index in [1.54, 1.807) is 38.1 Å². The van der Waals surface area contributed by atoms with E-state index in [0.717, 1.165) is 146 Å². The molecule has 0 unspecified atom stereocenters. The van der Waals surface area contributed by atoms with Crippen molar-refractivity contribution < 1.29 is 61.5 Å². The minimum Gasteiger partial charge on any atom is -0.255 e. The topological polar surface area (TPSA) is 0 Å². The predicted molar refractivity (Wildman–Crippen MR) is 493 cm³/mol. The molecule has 0 nitrogen and oxygen atoms in total. The van der Waals surface area contributed by atoms with Crippen LogP contribution in [0.4, 0.5) is 61.5 Å². The van der Waals surface area contributed by atoms with Crippen LogP contribution in [0.2, 0.25) is 0 Å². The summed E-state index contributed by atoms with van der Waals surface area (Å²) in [7, 11) is 1.00.